The molecule has 0 aliphatic carbocycles. The topological polar surface area (TPSA) is 159 Å². The molecule has 2 heterocycles. The number of benzene rings is 1. The average molecular weight is 357 g/mol. The van der Waals surface area contributed by atoms with Crippen LogP contribution in [0.15, 0.2) is 23.1 Å². The molecular weight excluding hydrogens is 345 g/mol. The Hall–Kier alpha value is -2.27. The van der Waals surface area contributed by atoms with Gasteiger partial charge < -0.3 is 9.63 Å². The summed E-state index contributed by atoms with van der Waals surface area (Å²) in [5, 5.41) is 18.7. The minimum Gasteiger partial charge on any atom is -0.351 e. The first kappa shape index (κ1) is 16.6. The van der Waals surface area contributed by atoms with Crippen molar-refractivity contribution >= 4 is 24.5 Å². The molecule has 1 aliphatic rings. The third kappa shape index (κ3) is 3.17. The molecule has 1 aliphatic heterocycles. The lowest BCUT2D eigenvalue weighted by atomic mass is 10.2. The minimum atomic E-state index is -4.48. The van der Waals surface area contributed by atoms with Gasteiger partial charge in [0.05, 0.1) is 23.2 Å². The van der Waals surface area contributed by atoms with Crippen molar-refractivity contribution in [3.05, 3.63) is 33.2 Å². The van der Waals surface area contributed by atoms with Crippen molar-refractivity contribution in [2.24, 2.45) is 4.95 Å². The number of nitroso groups, excluding NO2 is 1. The summed E-state index contributed by atoms with van der Waals surface area (Å²) in [6.45, 7) is -0.275. The first-order valence-electron chi connectivity index (χ1n) is 6.87. The largest absolute Gasteiger partial charge is 0.487 e. The first-order chi connectivity index (χ1) is 11.4. The fourth-order valence-corrected chi connectivity index (χ4v) is 2.91. The summed E-state index contributed by atoms with van der Waals surface area (Å²) in [6, 6.07) is 4.49. The van der Waals surface area contributed by atoms with Crippen molar-refractivity contribution in [1.29, 1.82) is 0 Å². The minimum absolute atomic E-state index is 0.149. The molecular formula is C11H12N5O7P. The number of rotatable bonds is 6. The molecule has 128 valence electrons. The normalized spacial score (nSPS) is 23.2. The zero-order valence-corrected chi connectivity index (χ0v) is 13.0. The number of nitro groups is 1. The van der Waals surface area contributed by atoms with E-state index >= 15 is 0 Å². The molecule has 1 fully saturated rings. The van der Waals surface area contributed by atoms with Crippen LogP contribution in [0.2, 0.25) is 0 Å². The van der Waals surface area contributed by atoms with Gasteiger partial charge in [-0.25, -0.2) is 9.25 Å². The lowest BCUT2D eigenvalue weighted by Gasteiger charge is -2.14. The van der Waals surface area contributed by atoms with Crippen molar-refractivity contribution in [3.63, 3.8) is 0 Å². The number of hydrogen-bond donors (Lipinski definition) is 1. The zero-order valence-electron chi connectivity index (χ0n) is 12.1. The Bertz CT molecular complexity index is 839. The van der Waals surface area contributed by atoms with E-state index < -0.39 is 25.0 Å². The van der Waals surface area contributed by atoms with Gasteiger partial charge in [-0.1, -0.05) is 11.3 Å². The van der Waals surface area contributed by atoms with Crippen LogP contribution in [0.5, 0.6) is 0 Å². The van der Waals surface area contributed by atoms with Gasteiger partial charge in [0.2, 0.25) is 0 Å². The zero-order chi connectivity index (χ0) is 17.3. The van der Waals surface area contributed by atoms with Gasteiger partial charge in [-0.15, -0.1) is 10.0 Å². The molecule has 0 saturated carbocycles. The van der Waals surface area contributed by atoms with Crippen LogP contribution in [0.3, 0.4) is 0 Å². The number of hydrogen-bond acceptors (Lipinski definition) is 8. The standard InChI is InChI=1S/C11H12N5O7P/c17-14-24(20,21)22-6-7-4-5-10(23-7)15-8-2-1-3-9(16(18)19)11(8)12-13-15/h1-3,7,10H,4-6H2,(H,20,21)/t7-,10+/m0/s1. The van der Waals surface area contributed by atoms with Gasteiger partial charge in [0, 0.05) is 11.0 Å². The molecule has 1 unspecified atom stereocenters. The summed E-state index contributed by atoms with van der Waals surface area (Å²) in [7, 11) is -4.48. The third-order valence-corrected chi connectivity index (χ3v) is 4.26. The molecule has 1 N–H and O–H groups in total. The number of non-ortho nitro benzene ring substituents is 1. The van der Waals surface area contributed by atoms with E-state index in [9.17, 15) is 19.6 Å². The maximum absolute atomic E-state index is 11.0. The Kier molecular flexibility index (Phi) is 4.37. The second kappa shape index (κ2) is 6.32. The van der Waals surface area contributed by atoms with Crippen LogP contribution in [0.4, 0.5) is 5.69 Å². The van der Waals surface area contributed by atoms with Crippen LogP contribution >= 0.6 is 7.75 Å². The maximum atomic E-state index is 11.0. The van der Waals surface area contributed by atoms with E-state index in [2.05, 4.69) is 14.8 Å². The molecule has 1 saturated heterocycles. The lowest BCUT2D eigenvalue weighted by Crippen LogP contribution is -2.16. The number of nitrogens with zero attached hydrogens (tertiary/aromatic N) is 5. The Labute approximate surface area is 134 Å². The van der Waals surface area contributed by atoms with Gasteiger partial charge in [0.25, 0.3) is 5.69 Å². The van der Waals surface area contributed by atoms with Crippen LogP contribution in [-0.2, 0) is 13.8 Å². The van der Waals surface area contributed by atoms with Gasteiger partial charge in [-0.3, -0.25) is 14.6 Å². The Morgan fingerprint density at radius 2 is 2.33 bits per heavy atom. The maximum Gasteiger partial charge on any atom is 0.487 e. The van der Waals surface area contributed by atoms with Gasteiger partial charge >= 0.3 is 7.75 Å². The number of fused-ring (bicyclic) bond motifs is 1. The molecule has 3 atom stereocenters. The molecule has 0 bridgehead atoms. The van der Waals surface area contributed by atoms with Crippen LogP contribution < -0.4 is 0 Å². The van der Waals surface area contributed by atoms with Crippen LogP contribution in [0.25, 0.3) is 11.0 Å². The van der Waals surface area contributed by atoms with Crippen molar-refractivity contribution in [2.75, 3.05) is 6.61 Å². The van der Waals surface area contributed by atoms with Crippen molar-refractivity contribution in [1.82, 2.24) is 15.0 Å². The van der Waals surface area contributed by atoms with Crippen molar-refractivity contribution in [2.45, 2.75) is 25.2 Å². The van der Waals surface area contributed by atoms with Gasteiger partial charge in [0.1, 0.15) is 0 Å². The van der Waals surface area contributed by atoms with Crippen LogP contribution in [-0.4, -0.2) is 37.5 Å². The van der Waals surface area contributed by atoms with E-state index in [-0.39, 0.29) is 17.8 Å². The predicted octanol–water partition coefficient (Wildman–Crippen LogP) is 1.90. The summed E-state index contributed by atoms with van der Waals surface area (Å²) >= 11 is 0. The highest BCUT2D eigenvalue weighted by Gasteiger charge is 2.32. The molecule has 13 heteroatoms. The molecule has 24 heavy (non-hydrogen) atoms. The predicted molar refractivity (Wildman–Crippen MR) is 78.9 cm³/mol. The fraction of sp³-hybridized carbons (Fsp3) is 0.455. The Balaban J connectivity index is 1.76. The van der Waals surface area contributed by atoms with E-state index in [0.29, 0.717) is 18.4 Å². The molecule has 2 aromatic rings. The Morgan fingerprint density at radius 1 is 1.54 bits per heavy atom. The molecule has 1 aromatic carbocycles. The lowest BCUT2D eigenvalue weighted by molar-refractivity contribution is -0.383. The van der Waals surface area contributed by atoms with Gasteiger partial charge in [-0.2, -0.15) is 0 Å². The summed E-state index contributed by atoms with van der Waals surface area (Å²) in [4.78, 5) is 31.5. The van der Waals surface area contributed by atoms with Crippen molar-refractivity contribution in [3.8, 4) is 0 Å². The first-order valence-corrected chi connectivity index (χ1v) is 8.40. The van der Waals surface area contributed by atoms with E-state index in [0.717, 1.165) is 0 Å². The van der Waals surface area contributed by atoms with E-state index in [4.69, 9.17) is 9.63 Å². The summed E-state index contributed by atoms with van der Waals surface area (Å²) < 4.78 is 22.6. The van der Waals surface area contributed by atoms with Crippen LogP contribution in [0, 0.1) is 15.0 Å². The average Bonchev–Trinajstić information content (AvgIpc) is 3.18. The summed E-state index contributed by atoms with van der Waals surface area (Å²) in [5.74, 6) is 0. The number of aromatic nitrogens is 3. The molecule has 12 nitrogen and oxygen atoms in total. The van der Waals surface area contributed by atoms with Gasteiger partial charge in [0.15, 0.2) is 11.7 Å². The van der Waals surface area contributed by atoms with Gasteiger partial charge in [-0.05, 0) is 18.9 Å². The molecule has 0 radical (unpaired) electrons. The highest BCUT2D eigenvalue weighted by Crippen LogP contribution is 2.44. The monoisotopic (exact) mass is 357 g/mol. The molecule has 1 aromatic heterocycles. The highest BCUT2D eigenvalue weighted by molar-refractivity contribution is 7.51. The number of ether oxygens (including phenoxy) is 1. The molecule has 3 rings (SSSR count). The second-order valence-corrected chi connectivity index (χ2v) is 6.50. The summed E-state index contributed by atoms with van der Waals surface area (Å²) in [5.41, 5.74) is 0.434. The quantitative estimate of drug-likeness (QED) is 0.352. The SMILES string of the molecule is O=NP(=O)(O)OC[C@@H]1CC[C@H](n2nnc3c([N+](=O)[O-])cccc32)O1. The third-order valence-electron chi connectivity index (χ3n) is 3.57. The smallest absolute Gasteiger partial charge is 0.351 e. The highest BCUT2D eigenvalue weighted by atomic mass is 31.2. The van der Waals surface area contributed by atoms with E-state index in [1.807, 2.05) is 4.95 Å². The summed E-state index contributed by atoms with van der Waals surface area (Å²) in [6.07, 6.45) is -0.0952. The van der Waals surface area contributed by atoms with E-state index in [1.54, 1.807) is 6.07 Å². The number of nitro benzene ring substituents is 1. The van der Waals surface area contributed by atoms with Crippen LogP contribution in [0.1, 0.15) is 19.1 Å². The Morgan fingerprint density at radius 3 is 3.04 bits per heavy atom. The molecule has 0 spiro atoms. The van der Waals surface area contributed by atoms with E-state index in [1.165, 1.54) is 16.8 Å². The molecule has 0 amide bonds. The second-order valence-electron chi connectivity index (χ2n) is 5.09. The van der Waals surface area contributed by atoms with Crippen molar-refractivity contribution < 1.29 is 23.6 Å². The fourth-order valence-electron chi connectivity index (χ4n) is 2.50.